The van der Waals surface area contributed by atoms with Crippen LogP contribution >= 0.6 is 11.6 Å². The fourth-order valence-corrected chi connectivity index (χ4v) is 2.96. The van der Waals surface area contributed by atoms with E-state index in [0.717, 1.165) is 23.4 Å². The second kappa shape index (κ2) is 10.5. The molecule has 29 heavy (non-hydrogen) atoms. The van der Waals surface area contributed by atoms with Crippen LogP contribution in [0.15, 0.2) is 59.9 Å². The Balaban J connectivity index is 1.53. The molecule has 0 aliphatic heterocycles. The zero-order chi connectivity index (χ0) is 20.5. The second-order valence-corrected chi connectivity index (χ2v) is 6.83. The van der Waals surface area contributed by atoms with Crippen molar-refractivity contribution in [2.24, 2.45) is 4.99 Å². The van der Waals surface area contributed by atoms with E-state index >= 15 is 0 Å². The predicted molar refractivity (Wildman–Crippen MR) is 116 cm³/mol. The summed E-state index contributed by atoms with van der Waals surface area (Å²) in [6.45, 7) is 3.32. The fourth-order valence-electron chi connectivity index (χ4n) is 2.78. The van der Waals surface area contributed by atoms with E-state index < -0.39 is 0 Å². The van der Waals surface area contributed by atoms with Crippen LogP contribution in [0.3, 0.4) is 0 Å². The number of ether oxygens (including phenoxy) is 1. The first-order valence-corrected chi connectivity index (χ1v) is 9.87. The van der Waals surface area contributed by atoms with Crippen LogP contribution in [0.25, 0.3) is 11.4 Å². The van der Waals surface area contributed by atoms with Gasteiger partial charge in [-0.25, -0.2) is 4.98 Å². The summed E-state index contributed by atoms with van der Waals surface area (Å²) in [5.74, 6) is 2.14. The first kappa shape index (κ1) is 20.7. The molecule has 0 fully saturated rings. The van der Waals surface area contributed by atoms with Gasteiger partial charge in [0.05, 0.1) is 11.6 Å². The van der Waals surface area contributed by atoms with Crippen molar-refractivity contribution in [3.63, 3.8) is 0 Å². The molecule has 3 aromatic rings. The molecular formula is C21H25ClN6O. The van der Waals surface area contributed by atoms with Gasteiger partial charge < -0.3 is 15.4 Å². The summed E-state index contributed by atoms with van der Waals surface area (Å²) in [6.07, 6.45) is 2.32. The molecule has 0 spiro atoms. The highest BCUT2D eigenvalue weighted by atomic mass is 35.5. The van der Waals surface area contributed by atoms with Gasteiger partial charge in [0.15, 0.2) is 11.8 Å². The molecule has 1 heterocycles. The summed E-state index contributed by atoms with van der Waals surface area (Å²) in [7, 11) is 1.75. The first-order chi connectivity index (χ1) is 14.2. The Bertz CT molecular complexity index is 928. The SMILES string of the molecule is CCC(CNC(=NC)NCc1cccc(-c2ncn[nH]2)c1)Oc1ccccc1Cl. The van der Waals surface area contributed by atoms with Crippen LogP contribution < -0.4 is 15.4 Å². The summed E-state index contributed by atoms with van der Waals surface area (Å²) in [5, 5.41) is 14.0. The number of nitrogens with one attached hydrogen (secondary N) is 3. The summed E-state index contributed by atoms with van der Waals surface area (Å²) in [4.78, 5) is 8.48. The van der Waals surface area contributed by atoms with Crippen molar-refractivity contribution in [2.45, 2.75) is 26.0 Å². The number of hydrogen-bond donors (Lipinski definition) is 3. The first-order valence-electron chi connectivity index (χ1n) is 9.50. The Kier molecular flexibility index (Phi) is 7.47. The molecule has 0 amide bonds. The van der Waals surface area contributed by atoms with Crippen molar-refractivity contribution in [2.75, 3.05) is 13.6 Å². The van der Waals surface area contributed by atoms with Gasteiger partial charge in [0, 0.05) is 19.2 Å². The lowest BCUT2D eigenvalue weighted by Gasteiger charge is -2.20. The number of nitrogens with zero attached hydrogens (tertiary/aromatic N) is 3. The quantitative estimate of drug-likeness (QED) is 0.388. The van der Waals surface area contributed by atoms with Crippen molar-refractivity contribution in [1.82, 2.24) is 25.8 Å². The van der Waals surface area contributed by atoms with Gasteiger partial charge in [-0.1, -0.05) is 48.9 Å². The third-order valence-corrected chi connectivity index (χ3v) is 4.69. The van der Waals surface area contributed by atoms with Crippen LogP contribution in [0.4, 0.5) is 0 Å². The smallest absolute Gasteiger partial charge is 0.191 e. The Morgan fingerprint density at radius 2 is 2.07 bits per heavy atom. The number of hydrogen-bond acceptors (Lipinski definition) is 4. The summed E-state index contributed by atoms with van der Waals surface area (Å²) >= 11 is 6.19. The molecular weight excluding hydrogens is 388 g/mol. The molecule has 1 atom stereocenters. The standard InChI is InChI=1S/C21H25ClN6O/c1-3-17(29-19-10-5-4-9-18(19)22)13-25-21(23-2)24-12-15-7-6-8-16(11-15)20-26-14-27-28-20/h4-11,14,17H,3,12-13H2,1-2H3,(H2,23,24,25)(H,26,27,28). The van der Waals surface area contributed by atoms with Gasteiger partial charge in [-0.3, -0.25) is 10.1 Å². The van der Waals surface area contributed by atoms with Crippen molar-refractivity contribution >= 4 is 17.6 Å². The van der Waals surface area contributed by atoms with E-state index in [1.807, 2.05) is 36.4 Å². The average molecular weight is 413 g/mol. The van der Waals surface area contributed by atoms with Gasteiger partial charge in [0.25, 0.3) is 0 Å². The largest absolute Gasteiger partial charge is 0.487 e. The summed E-state index contributed by atoms with van der Waals surface area (Å²) in [6, 6.07) is 15.6. The predicted octanol–water partition coefficient (Wildman–Crippen LogP) is 3.65. The highest BCUT2D eigenvalue weighted by Crippen LogP contribution is 2.24. The van der Waals surface area contributed by atoms with Crippen molar-refractivity contribution in [3.05, 3.63) is 65.4 Å². The van der Waals surface area contributed by atoms with Crippen LogP contribution in [-0.2, 0) is 6.54 Å². The van der Waals surface area contributed by atoms with Crippen LogP contribution in [-0.4, -0.2) is 40.8 Å². The van der Waals surface area contributed by atoms with Crippen molar-refractivity contribution in [3.8, 4) is 17.1 Å². The van der Waals surface area contributed by atoms with Crippen LogP contribution in [0, 0.1) is 0 Å². The lowest BCUT2D eigenvalue weighted by Crippen LogP contribution is -2.42. The van der Waals surface area contributed by atoms with E-state index in [1.54, 1.807) is 7.05 Å². The number of para-hydroxylation sites is 1. The molecule has 0 radical (unpaired) electrons. The molecule has 1 unspecified atom stereocenters. The monoisotopic (exact) mass is 412 g/mol. The minimum atomic E-state index is -0.0248. The van der Waals surface area contributed by atoms with Gasteiger partial charge >= 0.3 is 0 Å². The van der Waals surface area contributed by atoms with Gasteiger partial charge in [0.1, 0.15) is 18.2 Å². The molecule has 2 aromatic carbocycles. The Morgan fingerprint density at radius 3 is 2.79 bits per heavy atom. The Morgan fingerprint density at radius 1 is 1.21 bits per heavy atom. The molecule has 0 saturated carbocycles. The average Bonchev–Trinajstić information content (AvgIpc) is 3.29. The summed E-state index contributed by atoms with van der Waals surface area (Å²) < 4.78 is 6.02. The number of aliphatic imine (C=N–C) groups is 1. The number of halogens is 1. The highest BCUT2D eigenvalue weighted by molar-refractivity contribution is 6.32. The zero-order valence-electron chi connectivity index (χ0n) is 16.5. The number of guanidine groups is 1. The normalized spacial score (nSPS) is 12.4. The van der Waals surface area contributed by atoms with E-state index in [2.05, 4.69) is 49.9 Å². The zero-order valence-corrected chi connectivity index (χ0v) is 17.3. The third-order valence-electron chi connectivity index (χ3n) is 4.38. The molecule has 0 saturated heterocycles. The number of aromatic amines is 1. The lowest BCUT2D eigenvalue weighted by molar-refractivity contribution is 0.199. The van der Waals surface area contributed by atoms with Gasteiger partial charge in [-0.05, 0) is 30.2 Å². The third kappa shape index (κ3) is 5.96. The van der Waals surface area contributed by atoms with E-state index in [0.29, 0.717) is 29.8 Å². The van der Waals surface area contributed by atoms with Gasteiger partial charge in [-0.15, -0.1) is 0 Å². The van der Waals surface area contributed by atoms with E-state index in [4.69, 9.17) is 16.3 Å². The van der Waals surface area contributed by atoms with Crippen LogP contribution in [0.1, 0.15) is 18.9 Å². The van der Waals surface area contributed by atoms with Crippen molar-refractivity contribution < 1.29 is 4.74 Å². The van der Waals surface area contributed by atoms with Crippen LogP contribution in [0.2, 0.25) is 5.02 Å². The second-order valence-electron chi connectivity index (χ2n) is 6.42. The molecule has 1 aromatic heterocycles. The van der Waals surface area contributed by atoms with Crippen molar-refractivity contribution in [1.29, 1.82) is 0 Å². The van der Waals surface area contributed by atoms with Gasteiger partial charge in [-0.2, -0.15) is 5.10 Å². The molecule has 3 rings (SSSR count). The molecule has 8 heteroatoms. The molecule has 0 bridgehead atoms. The molecule has 152 valence electrons. The number of H-pyrrole nitrogens is 1. The van der Waals surface area contributed by atoms with E-state index in [-0.39, 0.29) is 6.10 Å². The number of rotatable bonds is 8. The number of benzene rings is 2. The maximum atomic E-state index is 6.19. The minimum Gasteiger partial charge on any atom is -0.487 e. The molecule has 7 nitrogen and oxygen atoms in total. The molecule has 0 aliphatic rings. The Labute approximate surface area is 175 Å². The van der Waals surface area contributed by atoms with Gasteiger partial charge in [0.2, 0.25) is 0 Å². The fraction of sp³-hybridized carbons (Fsp3) is 0.286. The van der Waals surface area contributed by atoms with E-state index in [9.17, 15) is 0 Å². The molecule has 0 aliphatic carbocycles. The van der Waals surface area contributed by atoms with E-state index in [1.165, 1.54) is 6.33 Å². The topological polar surface area (TPSA) is 87.2 Å². The summed E-state index contributed by atoms with van der Waals surface area (Å²) in [5.41, 5.74) is 2.10. The maximum Gasteiger partial charge on any atom is 0.191 e. The maximum absolute atomic E-state index is 6.19. The Hall–Kier alpha value is -3.06. The molecule has 3 N–H and O–H groups in total. The highest BCUT2D eigenvalue weighted by Gasteiger charge is 2.11. The number of aromatic nitrogens is 3. The lowest BCUT2D eigenvalue weighted by atomic mass is 10.1. The minimum absolute atomic E-state index is 0.0248. The van der Waals surface area contributed by atoms with Crippen LogP contribution in [0.5, 0.6) is 5.75 Å².